The lowest BCUT2D eigenvalue weighted by Crippen LogP contribution is -2.40. The first kappa shape index (κ1) is 16.0. The van der Waals surface area contributed by atoms with E-state index in [-0.39, 0.29) is 18.7 Å². The largest absolute Gasteiger partial charge is 0.454 e. The minimum Gasteiger partial charge on any atom is -0.454 e. The van der Waals surface area contributed by atoms with Gasteiger partial charge in [0.1, 0.15) is 0 Å². The molecule has 0 saturated carbocycles. The van der Waals surface area contributed by atoms with Crippen molar-refractivity contribution in [3.63, 3.8) is 0 Å². The molecular formula is C20H22N2O3. The number of benzene rings is 2. The summed E-state index contributed by atoms with van der Waals surface area (Å²) < 4.78 is 10.7. The highest BCUT2D eigenvalue weighted by atomic mass is 16.7. The van der Waals surface area contributed by atoms with Gasteiger partial charge >= 0.3 is 0 Å². The number of hydrogen-bond donors (Lipinski definition) is 1. The van der Waals surface area contributed by atoms with Crippen molar-refractivity contribution in [3.05, 3.63) is 59.2 Å². The standard InChI is InChI=1S/C20H22N2O3/c1-14(16-6-7-18-19(10-16)25-13-24-18)21-20(23)12-22-9-8-15-4-2-3-5-17(15)11-22/h2-7,10,14H,8-9,11-13H2,1H3,(H,21,23)/t14-/m0/s1. The number of ether oxygens (including phenoxy) is 2. The molecule has 0 spiro atoms. The van der Waals surface area contributed by atoms with Crippen molar-refractivity contribution in [2.45, 2.75) is 25.9 Å². The van der Waals surface area contributed by atoms with Gasteiger partial charge in [-0.15, -0.1) is 0 Å². The monoisotopic (exact) mass is 338 g/mol. The second-order valence-corrected chi connectivity index (χ2v) is 6.63. The predicted octanol–water partition coefficient (Wildman–Crippen LogP) is 2.65. The summed E-state index contributed by atoms with van der Waals surface area (Å²) >= 11 is 0. The first-order valence-electron chi connectivity index (χ1n) is 8.67. The molecule has 2 aliphatic rings. The van der Waals surface area contributed by atoms with Gasteiger partial charge in [-0.1, -0.05) is 30.3 Å². The Hall–Kier alpha value is -2.53. The highest BCUT2D eigenvalue weighted by Gasteiger charge is 2.20. The maximum atomic E-state index is 12.4. The maximum Gasteiger partial charge on any atom is 0.234 e. The summed E-state index contributed by atoms with van der Waals surface area (Å²) in [6.07, 6.45) is 1.00. The van der Waals surface area contributed by atoms with Crippen LogP contribution in [0.15, 0.2) is 42.5 Å². The third-order valence-electron chi connectivity index (χ3n) is 4.85. The van der Waals surface area contributed by atoms with E-state index in [9.17, 15) is 4.79 Å². The number of amides is 1. The van der Waals surface area contributed by atoms with Crippen LogP contribution in [0, 0.1) is 0 Å². The van der Waals surface area contributed by atoms with Crippen LogP contribution in [-0.2, 0) is 17.8 Å². The molecule has 0 fully saturated rings. The van der Waals surface area contributed by atoms with Crippen molar-refractivity contribution in [2.75, 3.05) is 19.9 Å². The third-order valence-corrected chi connectivity index (χ3v) is 4.85. The molecule has 2 aromatic rings. The topological polar surface area (TPSA) is 50.8 Å². The van der Waals surface area contributed by atoms with Crippen molar-refractivity contribution < 1.29 is 14.3 Å². The van der Waals surface area contributed by atoms with Gasteiger partial charge in [0.15, 0.2) is 11.5 Å². The molecule has 1 amide bonds. The number of carbonyl (C=O) groups excluding carboxylic acids is 1. The second kappa shape index (κ2) is 6.76. The van der Waals surface area contributed by atoms with Gasteiger partial charge in [-0.25, -0.2) is 0 Å². The number of hydrogen-bond acceptors (Lipinski definition) is 4. The Bertz CT molecular complexity index is 790. The lowest BCUT2D eigenvalue weighted by Gasteiger charge is -2.28. The van der Waals surface area contributed by atoms with Crippen molar-refractivity contribution in [1.82, 2.24) is 10.2 Å². The Kier molecular flexibility index (Phi) is 4.32. The normalized spacial score (nSPS) is 17.0. The fourth-order valence-electron chi connectivity index (χ4n) is 3.45. The van der Waals surface area contributed by atoms with Crippen molar-refractivity contribution in [1.29, 1.82) is 0 Å². The van der Waals surface area contributed by atoms with Gasteiger partial charge in [-0.3, -0.25) is 9.69 Å². The number of carbonyl (C=O) groups is 1. The summed E-state index contributed by atoms with van der Waals surface area (Å²) in [5.41, 5.74) is 3.74. The van der Waals surface area contributed by atoms with E-state index >= 15 is 0 Å². The molecule has 2 heterocycles. The third kappa shape index (κ3) is 3.46. The molecule has 2 aliphatic heterocycles. The molecule has 5 heteroatoms. The van der Waals surface area contributed by atoms with Gasteiger partial charge in [0.2, 0.25) is 12.7 Å². The molecule has 4 rings (SSSR count). The fraction of sp³-hybridized carbons (Fsp3) is 0.350. The average Bonchev–Trinajstić information content (AvgIpc) is 3.09. The maximum absolute atomic E-state index is 12.4. The van der Waals surface area contributed by atoms with E-state index in [2.05, 4.69) is 34.5 Å². The molecule has 25 heavy (non-hydrogen) atoms. The molecule has 1 N–H and O–H groups in total. The van der Waals surface area contributed by atoms with Gasteiger partial charge in [-0.05, 0) is 42.2 Å². The quantitative estimate of drug-likeness (QED) is 0.931. The molecular weight excluding hydrogens is 316 g/mol. The Labute approximate surface area is 147 Å². The van der Waals surface area contributed by atoms with Crippen LogP contribution in [-0.4, -0.2) is 30.7 Å². The van der Waals surface area contributed by atoms with Crippen LogP contribution in [0.25, 0.3) is 0 Å². The number of nitrogens with one attached hydrogen (secondary N) is 1. The zero-order chi connectivity index (χ0) is 17.2. The van der Waals surface area contributed by atoms with Crippen LogP contribution in [0.1, 0.15) is 29.7 Å². The number of fused-ring (bicyclic) bond motifs is 2. The van der Waals surface area contributed by atoms with E-state index < -0.39 is 0 Å². The van der Waals surface area contributed by atoms with E-state index in [1.165, 1.54) is 11.1 Å². The van der Waals surface area contributed by atoms with Crippen molar-refractivity contribution in [3.8, 4) is 11.5 Å². The predicted molar refractivity (Wildman–Crippen MR) is 94.5 cm³/mol. The summed E-state index contributed by atoms with van der Waals surface area (Å²) in [6, 6.07) is 14.2. The van der Waals surface area contributed by atoms with Gasteiger partial charge in [0.25, 0.3) is 0 Å². The summed E-state index contributed by atoms with van der Waals surface area (Å²) in [4.78, 5) is 14.6. The van der Waals surface area contributed by atoms with Crippen LogP contribution in [0.5, 0.6) is 11.5 Å². The average molecular weight is 338 g/mol. The Morgan fingerprint density at radius 1 is 1.16 bits per heavy atom. The molecule has 0 saturated heterocycles. The van der Waals surface area contributed by atoms with Crippen LogP contribution < -0.4 is 14.8 Å². The van der Waals surface area contributed by atoms with Crippen molar-refractivity contribution >= 4 is 5.91 Å². The Morgan fingerprint density at radius 3 is 2.84 bits per heavy atom. The minimum atomic E-state index is -0.0703. The van der Waals surface area contributed by atoms with Crippen molar-refractivity contribution in [2.24, 2.45) is 0 Å². The summed E-state index contributed by atoms with van der Waals surface area (Å²) in [6.45, 7) is 4.42. The van der Waals surface area contributed by atoms with E-state index in [0.29, 0.717) is 6.54 Å². The Balaban J connectivity index is 1.34. The van der Waals surface area contributed by atoms with E-state index in [1.54, 1.807) is 0 Å². The molecule has 5 nitrogen and oxygen atoms in total. The molecule has 0 radical (unpaired) electrons. The zero-order valence-corrected chi connectivity index (χ0v) is 14.3. The van der Waals surface area contributed by atoms with Crippen LogP contribution in [0.4, 0.5) is 0 Å². The Morgan fingerprint density at radius 2 is 1.96 bits per heavy atom. The summed E-state index contributed by atoms with van der Waals surface area (Å²) in [7, 11) is 0. The van der Waals surface area contributed by atoms with Gasteiger partial charge in [-0.2, -0.15) is 0 Å². The fourth-order valence-corrected chi connectivity index (χ4v) is 3.45. The SMILES string of the molecule is C[C@H](NC(=O)CN1CCc2ccccc2C1)c1ccc2c(c1)OCO2. The van der Waals surface area contributed by atoms with Gasteiger partial charge < -0.3 is 14.8 Å². The molecule has 0 aliphatic carbocycles. The van der Waals surface area contributed by atoms with E-state index in [1.807, 2.05) is 25.1 Å². The molecule has 0 bridgehead atoms. The summed E-state index contributed by atoms with van der Waals surface area (Å²) in [5.74, 6) is 1.55. The first-order chi connectivity index (χ1) is 12.2. The molecule has 1 atom stereocenters. The van der Waals surface area contributed by atoms with Crippen LogP contribution in [0.3, 0.4) is 0 Å². The summed E-state index contributed by atoms with van der Waals surface area (Å²) in [5, 5.41) is 3.08. The highest BCUT2D eigenvalue weighted by molar-refractivity contribution is 5.78. The van der Waals surface area contributed by atoms with Crippen LogP contribution in [0.2, 0.25) is 0 Å². The van der Waals surface area contributed by atoms with E-state index in [4.69, 9.17) is 9.47 Å². The minimum absolute atomic E-state index is 0.0459. The molecule has 2 aromatic carbocycles. The molecule has 0 unspecified atom stereocenters. The van der Waals surface area contributed by atoms with Crippen LogP contribution >= 0.6 is 0 Å². The second-order valence-electron chi connectivity index (χ2n) is 6.63. The molecule has 130 valence electrons. The number of rotatable bonds is 4. The first-order valence-corrected chi connectivity index (χ1v) is 8.67. The highest BCUT2D eigenvalue weighted by Crippen LogP contribution is 2.34. The number of nitrogens with zero attached hydrogens (tertiary/aromatic N) is 1. The zero-order valence-electron chi connectivity index (χ0n) is 14.3. The van der Waals surface area contributed by atoms with E-state index in [0.717, 1.165) is 36.6 Å². The lowest BCUT2D eigenvalue weighted by atomic mass is 10.00. The lowest BCUT2D eigenvalue weighted by molar-refractivity contribution is -0.123. The van der Waals surface area contributed by atoms with Gasteiger partial charge in [0.05, 0.1) is 12.6 Å². The van der Waals surface area contributed by atoms with Gasteiger partial charge in [0, 0.05) is 13.1 Å². The molecule has 0 aromatic heterocycles. The smallest absolute Gasteiger partial charge is 0.234 e.